The molecule has 316 valence electrons. The second-order valence-corrected chi connectivity index (χ2v) is 15.9. The highest BCUT2D eigenvalue weighted by molar-refractivity contribution is 5.86. The summed E-state index contributed by atoms with van der Waals surface area (Å²) >= 11 is 0. The third-order valence-corrected chi connectivity index (χ3v) is 12.1. The van der Waals surface area contributed by atoms with Crippen molar-refractivity contribution in [2.24, 2.45) is 7.05 Å². The highest BCUT2D eigenvalue weighted by atomic mass is 16.5. The molecule has 2 aliphatic heterocycles. The standard InChI is InChI=1S/C47H54N10O4/c1-5-55(6-2)42(35-12-8-7-9-13-35)46(59)57-25-11-15-41(57)44-49-28-39(52-44)34-22-18-32(19-23-34)31-16-20-33(21-17-31)38-27-48-43(51-38)40-14-10-24-56(40)45(58)37(53-47(60)61-4)26-36-29-54(3)30-50-36/h7-9,12-13,16-23,27-30,37,40-42H,5-6,10-11,14-15,24-26H2,1-4H3,(H,48,51)(H,49,52)(H,53,60)/t37-,40+,41+,42+/m1/s1. The minimum atomic E-state index is -0.827. The minimum Gasteiger partial charge on any atom is -0.453 e. The van der Waals surface area contributed by atoms with Crippen LogP contribution in [0.3, 0.4) is 0 Å². The number of likely N-dealkylation sites (tertiary alicyclic amines) is 2. The van der Waals surface area contributed by atoms with Gasteiger partial charge in [-0.2, -0.15) is 0 Å². The van der Waals surface area contributed by atoms with Gasteiger partial charge in [0.15, 0.2) is 0 Å². The van der Waals surface area contributed by atoms with E-state index >= 15 is 0 Å². The lowest BCUT2D eigenvalue weighted by atomic mass is 10.0. The maximum absolute atomic E-state index is 14.2. The molecule has 2 saturated heterocycles. The molecule has 3 aromatic heterocycles. The predicted octanol–water partition coefficient (Wildman–Crippen LogP) is 7.24. The molecular formula is C47H54N10O4. The van der Waals surface area contributed by atoms with Crippen LogP contribution in [-0.2, 0) is 27.8 Å². The van der Waals surface area contributed by atoms with E-state index < -0.39 is 12.1 Å². The topological polar surface area (TPSA) is 157 Å². The molecule has 14 nitrogen and oxygen atoms in total. The number of nitrogens with one attached hydrogen (secondary N) is 3. The van der Waals surface area contributed by atoms with E-state index in [4.69, 9.17) is 14.7 Å². The Bertz CT molecular complexity index is 2420. The number of rotatable bonds is 14. The number of aryl methyl sites for hydroxylation is 1. The molecule has 2 fully saturated rings. The number of carbonyl (C=O) groups excluding carboxylic acids is 3. The molecule has 2 aliphatic rings. The van der Waals surface area contributed by atoms with Crippen molar-refractivity contribution in [3.05, 3.63) is 127 Å². The number of aromatic amines is 2. The fraction of sp³-hybridized carbons (Fsp3) is 0.362. The number of benzene rings is 3. The molecule has 0 radical (unpaired) electrons. The summed E-state index contributed by atoms with van der Waals surface area (Å²) in [5, 5.41) is 2.71. The summed E-state index contributed by atoms with van der Waals surface area (Å²) in [6.07, 6.45) is 10.2. The average molecular weight is 823 g/mol. The van der Waals surface area contributed by atoms with E-state index in [1.807, 2.05) is 53.3 Å². The number of amides is 3. The van der Waals surface area contributed by atoms with Crippen molar-refractivity contribution >= 4 is 17.9 Å². The third-order valence-electron chi connectivity index (χ3n) is 12.1. The Morgan fingerprint density at radius 3 is 1.77 bits per heavy atom. The van der Waals surface area contributed by atoms with E-state index in [9.17, 15) is 14.4 Å². The lowest BCUT2D eigenvalue weighted by molar-refractivity contribution is -0.138. The Kier molecular flexibility index (Phi) is 12.4. The first-order valence-corrected chi connectivity index (χ1v) is 21.3. The molecule has 61 heavy (non-hydrogen) atoms. The maximum atomic E-state index is 14.2. The van der Waals surface area contributed by atoms with Crippen LogP contribution in [0.1, 0.15) is 80.6 Å². The SMILES string of the molecule is CCN(CC)[C@H](C(=O)N1CCC[C@H]1c1ncc(-c2ccc(-c3ccc(-c4cnc([C@@H]5CCCN5C(=O)[C@@H](Cc5cn(C)cn5)NC(=O)OC)[nH]4)cc3)cc2)[nH]1)c1ccccc1. The zero-order chi connectivity index (χ0) is 42.5. The number of hydrogen-bond acceptors (Lipinski definition) is 8. The number of ether oxygens (including phenoxy) is 1. The summed E-state index contributed by atoms with van der Waals surface area (Å²) in [6.45, 7) is 7.07. The summed E-state index contributed by atoms with van der Waals surface area (Å²) in [5.74, 6) is 1.46. The summed E-state index contributed by atoms with van der Waals surface area (Å²) in [6, 6.07) is 25.4. The molecule has 3 amide bonds. The average Bonchev–Trinajstić information content (AvgIpc) is 4.16. The Labute approximate surface area is 356 Å². The molecule has 0 unspecified atom stereocenters. The van der Waals surface area contributed by atoms with Gasteiger partial charge in [-0.05, 0) is 66.6 Å². The normalized spacial score (nSPS) is 17.5. The number of hydrogen-bond donors (Lipinski definition) is 3. The third kappa shape index (κ3) is 8.85. The van der Waals surface area contributed by atoms with E-state index in [0.29, 0.717) is 24.6 Å². The van der Waals surface area contributed by atoms with Gasteiger partial charge in [0.1, 0.15) is 23.7 Å². The van der Waals surface area contributed by atoms with Gasteiger partial charge < -0.3 is 34.4 Å². The van der Waals surface area contributed by atoms with Crippen molar-refractivity contribution in [3.8, 4) is 33.6 Å². The fourth-order valence-electron chi connectivity index (χ4n) is 8.89. The van der Waals surface area contributed by atoms with Gasteiger partial charge in [0, 0.05) is 32.8 Å². The van der Waals surface area contributed by atoms with Crippen LogP contribution in [0.4, 0.5) is 4.79 Å². The summed E-state index contributed by atoms with van der Waals surface area (Å²) in [4.78, 5) is 67.3. The molecule has 0 spiro atoms. The van der Waals surface area contributed by atoms with Crippen LogP contribution < -0.4 is 5.32 Å². The van der Waals surface area contributed by atoms with Gasteiger partial charge in [-0.15, -0.1) is 0 Å². The minimum absolute atomic E-state index is 0.100. The van der Waals surface area contributed by atoms with Gasteiger partial charge in [-0.25, -0.2) is 19.7 Å². The first-order chi connectivity index (χ1) is 29.7. The van der Waals surface area contributed by atoms with Gasteiger partial charge in [0.05, 0.1) is 55.0 Å². The van der Waals surface area contributed by atoms with Crippen molar-refractivity contribution in [2.45, 2.75) is 70.1 Å². The molecule has 8 rings (SSSR count). The lowest BCUT2D eigenvalue weighted by Crippen LogP contribution is -2.49. The van der Waals surface area contributed by atoms with Crippen molar-refractivity contribution in [2.75, 3.05) is 33.3 Å². The van der Waals surface area contributed by atoms with E-state index in [1.54, 1.807) is 11.2 Å². The molecule has 3 N–H and O–H groups in total. The molecule has 4 atom stereocenters. The van der Waals surface area contributed by atoms with Crippen molar-refractivity contribution in [1.29, 1.82) is 0 Å². The van der Waals surface area contributed by atoms with Crippen molar-refractivity contribution in [3.63, 3.8) is 0 Å². The fourth-order valence-corrected chi connectivity index (χ4v) is 8.89. The largest absolute Gasteiger partial charge is 0.453 e. The number of nitrogens with zero attached hydrogens (tertiary/aromatic N) is 7. The first-order valence-electron chi connectivity index (χ1n) is 21.3. The summed E-state index contributed by atoms with van der Waals surface area (Å²) in [5.41, 5.74) is 7.65. The summed E-state index contributed by atoms with van der Waals surface area (Å²) in [7, 11) is 3.14. The van der Waals surface area contributed by atoms with E-state index in [1.165, 1.54) is 7.11 Å². The number of carbonyl (C=O) groups is 3. The number of imidazole rings is 3. The number of H-pyrrole nitrogens is 2. The Morgan fingerprint density at radius 2 is 1.28 bits per heavy atom. The number of alkyl carbamates (subject to hydrolysis) is 1. The van der Waals surface area contributed by atoms with Crippen molar-refractivity contribution < 1.29 is 19.1 Å². The highest BCUT2D eigenvalue weighted by Gasteiger charge is 2.39. The van der Waals surface area contributed by atoms with E-state index in [0.717, 1.165) is 83.8 Å². The predicted molar refractivity (Wildman–Crippen MR) is 233 cm³/mol. The number of aromatic nitrogens is 6. The quantitative estimate of drug-likeness (QED) is 0.104. The monoisotopic (exact) mass is 822 g/mol. The lowest BCUT2D eigenvalue weighted by Gasteiger charge is -2.34. The van der Waals surface area contributed by atoms with Crippen LogP contribution in [0, 0.1) is 0 Å². The zero-order valence-corrected chi connectivity index (χ0v) is 35.3. The van der Waals surface area contributed by atoms with Gasteiger partial charge in [0.2, 0.25) is 11.8 Å². The van der Waals surface area contributed by atoms with Gasteiger partial charge in [-0.3, -0.25) is 14.5 Å². The van der Waals surface area contributed by atoms with Crippen LogP contribution >= 0.6 is 0 Å². The maximum Gasteiger partial charge on any atom is 0.407 e. The van der Waals surface area contributed by atoms with Crippen LogP contribution in [-0.4, -0.2) is 101 Å². The van der Waals surface area contributed by atoms with Gasteiger partial charge >= 0.3 is 6.09 Å². The van der Waals surface area contributed by atoms with E-state index in [2.05, 4.69) is 99.7 Å². The van der Waals surface area contributed by atoms with Crippen molar-refractivity contribution in [1.82, 2.24) is 49.5 Å². The summed E-state index contributed by atoms with van der Waals surface area (Å²) < 4.78 is 6.64. The number of likely N-dealkylation sites (N-methyl/N-ethyl adjacent to an activating group) is 1. The van der Waals surface area contributed by atoms with Crippen LogP contribution in [0.5, 0.6) is 0 Å². The molecule has 0 aliphatic carbocycles. The molecule has 3 aromatic carbocycles. The van der Waals surface area contributed by atoms with Crippen LogP contribution in [0.2, 0.25) is 0 Å². The highest BCUT2D eigenvalue weighted by Crippen LogP contribution is 2.37. The molecule has 5 heterocycles. The van der Waals surface area contributed by atoms with Gasteiger partial charge in [0.25, 0.3) is 0 Å². The first kappa shape index (κ1) is 41.2. The Morgan fingerprint density at radius 1 is 0.754 bits per heavy atom. The second kappa shape index (κ2) is 18.4. The molecule has 14 heteroatoms. The van der Waals surface area contributed by atoms with E-state index in [-0.39, 0.29) is 36.4 Å². The van der Waals surface area contributed by atoms with Crippen LogP contribution in [0.15, 0.2) is 104 Å². The Balaban J connectivity index is 0.924. The molecule has 0 saturated carbocycles. The molecular weight excluding hydrogens is 769 g/mol. The van der Waals surface area contributed by atoms with Crippen LogP contribution in [0.25, 0.3) is 33.6 Å². The number of methoxy groups -OCH3 is 1. The Hall–Kier alpha value is -6.54. The second-order valence-electron chi connectivity index (χ2n) is 15.9. The molecule has 6 aromatic rings. The molecule has 0 bridgehead atoms. The van der Waals surface area contributed by atoms with Gasteiger partial charge in [-0.1, -0.05) is 92.7 Å². The smallest absolute Gasteiger partial charge is 0.407 e. The zero-order valence-electron chi connectivity index (χ0n) is 35.3.